The Balaban J connectivity index is 1.04. The SMILES string of the molecule is O=C1C(C(=O)N2CCN(c3ncccn3)CC2)=CN2C3CC4CCCCC4CC3OC3C(NCCCn4ccnc4)C(F)CC1C32. The van der Waals surface area contributed by atoms with Crippen molar-refractivity contribution in [3.05, 3.63) is 49.0 Å². The van der Waals surface area contributed by atoms with Crippen molar-refractivity contribution in [3.8, 4) is 0 Å². The van der Waals surface area contributed by atoms with E-state index in [1.165, 1.54) is 25.7 Å². The number of nitrogens with zero attached hydrogens (tertiary/aromatic N) is 7. The van der Waals surface area contributed by atoms with Gasteiger partial charge in [0.25, 0.3) is 5.91 Å². The Hall–Kier alpha value is -3.38. The van der Waals surface area contributed by atoms with Crippen molar-refractivity contribution >= 4 is 17.6 Å². The predicted octanol–water partition coefficient (Wildman–Crippen LogP) is 2.60. The fourth-order valence-electron chi connectivity index (χ4n) is 9.37. The molecule has 3 saturated carbocycles. The fourth-order valence-corrected chi connectivity index (χ4v) is 9.37. The lowest BCUT2D eigenvalue weighted by molar-refractivity contribution is -0.208. The smallest absolute Gasteiger partial charge is 0.259 e. The first-order valence-electron chi connectivity index (χ1n) is 17.4. The number of hydrogen-bond acceptors (Lipinski definition) is 9. The summed E-state index contributed by atoms with van der Waals surface area (Å²) in [6.45, 7) is 3.59. The van der Waals surface area contributed by atoms with Gasteiger partial charge < -0.3 is 29.3 Å². The zero-order valence-electron chi connectivity index (χ0n) is 26.4. The van der Waals surface area contributed by atoms with E-state index in [1.54, 1.807) is 35.9 Å². The van der Waals surface area contributed by atoms with Crippen LogP contribution < -0.4 is 10.2 Å². The molecule has 11 nitrogen and oxygen atoms in total. The number of aryl methyl sites for hydroxylation is 1. The van der Waals surface area contributed by atoms with Gasteiger partial charge in [0.15, 0.2) is 5.78 Å². The molecule has 3 aliphatic carbocycles. The summed E-state index contributed by atoms with van der Waals surface area (Å²) in [5, 5.41) is 3.51. The molecular weight excluding hydrogens is 587 g/mol. The van der Waals surface area contributed by atoms with Gasteiger partial charge in [-0.25, -0.2) is 19.3 Å². The Morgan fingerprint density at radius 2 is 1.80 bits per heavy atom. The zero-order valence-corrected chi connectivity index (χ0v) is 26.4. The van der Waals surface area contributed by atoms with Crippen molar-refractivity contribution in [1.82, 2.24) is 34.6 Å². The van der Waals surface area contributed by atoms with Crippen LogP contribution in [0.2, 0.25) is 0 Å². The summed E-state index contributed by atoms with van der Waals surface area (Å²) < 4.78 is 25.2. The van der Waals surface area contributed by atoms with Crippen LogP contribution in [0.5, 0.6) is 0 Å². The number of carbonyl (C=O) groups is 2. The molecule has 1 N–H and O–H groups in total. The van der Waals surface area contributed by atoms with Crippen LogP contribution in [0.4, 0.5) is 10.3 Å². The van der Waals surface area contributed by atoms with E-state index in [1.807, 2.05) is 17.0 Å². The maximum Gasteiger partial charge on any atom is 0.259 e. The van der Waals surface area contributed by atoms with E-state index < -0.39 is 24.2 Å². The van der Waals surface area contributed by atoms with E-state index in [-0.39, 0.29) is 41.9 Å². The first-order valence-corrected chi connectivity index (χ1v) is 17.4. The van der Waals surface area contributed by atoms with E-state index in [0.717, 1.165) is 25.8 Å². The monoisotopic (exact) mass is 632 g/mol. The summed E-state index contributed by atoms with van der Waals surface area (Å²) in [5.41, 5.74) is 0.217. The molecule has 2 aromatic heterocycles. The van der Waals surface area contributed by atoms with Crippen LogP contribution >= 0.6 is 0 Å². The largest absolute Gasteiger partial charge is 0.369 e. The van der Waals surface area contributed by atoms with Crippen LogP contribution in [0.15, 0.2) is 49.0 Å². The molecule has 2 aromatic rings. The molecular formula is C34H45FN8O3. The number of imidazole rings is 1. The number of anilines is 1. The summed E-state index contributed by atoms with van der Waals surface area (Å²) in [6.07, 6.45) is 17.0. The number of Topliss-reactive ketones (excluding diaryl/α,β-unsaturated/α-hetero) is 1. The molecule has 1 amide bonds. The van der Waals surface area contributed by atoms with Crippen LogP contribution in [-0.4, -0.2) is 110 Å². The maximum absolute atomic E-state index is 16.2. The average Bonchev–Trinajstić information content (AvgIpc) is 3.62. The molecule has 8 rings (SSSR count). The van der Waals surface area contributed by atoms with Gasteiger partial charge in [0.2, 0.25) is 5.95 Å². The van der Waals surface area contributed by atoms with Crippen molar-refractivity contribution in [1.29, 1.82) is 0 Å². The molecule has 9 atom stereocenters. The second-order valence-corrected chi connectivity index (χ2v) is 14.1. The van der Waals surface area contributed by atoms with Crippen LogP contribution in [-0.2, 0) is 20.9 Å². The summed E-state index contributed by atoms with van der Waals surface area (Å²) in [6, 6.07) is 1.12. The molecule has 3 aliphatic heterocycles. The molecule has 0 radical (unpaired) electrons. The van der Waals surface area contributed by atoms with E-state index in [0.29, 0.717) is 50.5 Å². The molecule has 0 bridgehead atoms. The number of halogens is 1. The van der Waals surface area contributed by atoms with Crippen molar-refractivity contribution in [3.63, 3.8) is 0 Å². The molecule has 5 heterocycles. The maximum atomic E-state index is 16.2. The first-order chi connectivity index (χ1) is 22.5. The van der Waals surface area contributed by atoms with Gasteiger partial charge in [-0.1, -0.05) is 25.7 Å². The van der Waals surface area contributed by atoms with Crippen molar-refractivity contribution in [2.45, 2.75) is 94.4 Å². The number of amides is 1. The second-order valence-electron chi connectivity index (χ2n) is 14.1. The van der Waals surface area contributed by atoms with Crippen molar-refractivity contribution < 1.29 is 18.7 Å². The van der Waals surface area contributed by atoms with Crippen molar-refractivity contribution in [2.24, 2.45) is 17.8 Å². The van der Waals surface area contributed by atoms with Gasteiger partial charge in [-0.2, -0.15) is 0 Å². The molecule has 46 heavy (non-hydrogen) atoms. The normalized spacial score (nSPS) is 35.6. The zero-order chi connectivity index (χ0) is 31.2. The van der Waals surface area contributed by atoms with Crippen LogP contribution in [0.3, 0.4) is 0 Å². The van der Waals surface area contributed by atoms with Crippen LogP contribution in [0.1, 0.15) is 51.4 Å². The van der Waals surface area contributed by atoms with Gasteiger partial charge in [-0.15, -0.1) is 0 Å². The molecule has 12 heteroatoms. The first kappa shape index (κ1) is 30.0. The number of morpholine rings is 1. The highest BCUT2D eigenvalue weighted by atomic mass is 19.1. The standard InChI is InChI=1S/C34H45FN8O3/c35-26-19-24-30-32(29(26)37-9-4-11-40-12-10-36-21-40)46-28-18-23-6-2-1-5-22(23)17-27(28)43(30)20-25(31(24)44)33(45)41-13-15-42(16-14-41)34-38-7-3-8-39-34/h3,7-8,10,12,20-24,26-30,32,37H,1-2,4-6,9,11,13-19H2. The number of ether oxygens (including phenoxy) is 1. The molecule has 6 aliphatic rings. The van der Waals surface area contributed by atoms with Gasteiger partial charge in [0, 0.05) is 69.6 Å². The fraction of sp³-hybridized carbons (Fsp3) is 0.676. The lowest BCUT2D eigenvalue weighted by Crippen LogP contribution is -2.73. The highest BCUT2D eigenvalue weighted by Gasteiger charge is 2.59. The third-order valence-corrected chi connectivity index (χ3v) is 11.7. The number of piperazine rings is 1. The highest BCUT2D eigenvalue weighted by molar-refractivity contribution is 6.20. The third-order valence-electron chi connectivity index (χ3n) is 11.7. The molecule has 9 unspecified atom stereocenters. The summed E-state index contributed by atoms with van der Waals surface area (Å²) in [7, 11) is 0. The Morgan fingerprint density at radius 1 is 1.02 bits per heavy atom. The molecule has 5 fully saturated rings. The minimum atomic E-state index is -1.24. The number of hydrogen-bond donors (Lipinski definition) is 1. The summed E-state index contributed by atoms with van der Waals surface area (Å²) in [4.78, 5) is 47.2. The van der Waals surface area contributed by atoms with E-state index in [4.69, 9.17) is 4.74 Å². The van der Waals surface area contributed by atoms with Gasteiger partial charge in [0.05, 0.1) is 42.2 Å². The average molecular weight is 633 g/mol. The lowest BCUT2D eigenvalue weighted by atomic mass is 9.65. The number of ketones is 1. The molecule has 0 spiro atoms. The van der Waals surface area contributed by atoms with E-state index in [9.17, 15) is 9.59 Å². The van der Waals surface area contributed by atoms with Crippen LogP contribution in [0.25, 0.3) is 0 Å². The Morgan fingerprint density at radius 3 is 2.57 bits per heavy atom. The number of nitrogens with one attached hydrogen (secondary N) is 1. The van der Waals surface area contributed by atoms with E-state index in [2.05, 4.69) is 30.1 Å². The quantitative estimate of drug-likeness (QED) is 0.364. The number of alkyl halides is 1. The van der Waals surface area contributed by atoms with Gasteiger partial charge in [0.1, 0.15) is 6.17 Å². The third kappa shape index (κ3) is 5.51. The lowest BCUT2D eigenvalue weighted by Gasteiger charge is -2.61. The number of aromatic nitrogens is 4. The number of carbonyl (C=O) groups excluding carboxylic acids is 2. The van der Waals surface area contributed by atoms with Gasteiger partial charge in [-0.3, -0.25) is 9.59 Å². The predicted molar refractivity (Wildman–Crippen MR) is 168 cm³/mol. The topological polar surface area (TPSA) is 109 Å². The Bertz CT molecular complexity index is 1420. The minimum Gasteiger partial charge on any atom is -0.369 e. The number of fused-ring (bicyclic) bond motifs is 3. The second kappa shape index (κ2) is 12.7. The Kier molecular flexibility index (Phi) is 8.26. The van der Waals surface area contributed by atoms with E-state index >= 15 is 4.39 Å². The summed E-state index contributed by atoms with van der Waals surface area (Å²) >= 11 is 0. The Labute approximate surface area is 269 Å². The van der Waals surface area contributed by atoms with Crippen LogP contribution in [0, 0.1) is 17.8 Å². The van der Waals surface area contributed by atoms with Crippen molar-refractivity contribution in [2.75, 3.05) is 37.6 Å². The van der Waals surface area contributed by atoms with Gasteiger partial charge in [-0.05, 0) is 50.1 Å². The highest BCUT2D eigenvalue weighted by Crippen LogP contribution is 2.50. The molecule has 246 valence electrons. The van der Waals surface area contributed by atoms with Gasteiger partial charge >= 0.3 is 0 Å². The summed E-state index contributed by atoms with van der Waals surface area (Å²) in [5.74, 6) is 0.863. The minimum absolute atomic E-state index is 0.0305. The molecule has 2 saturated heterocycles. The number of rotatable bonds is 7. The molecule has 0 aromatic carbocycles.